The molecule has 0 saturated carbocycles. The third kappa shape index (κ3) is 6.51. The first kappa shape index (κ1) is 23.6. The van der Waals surface area contributed by atoms with Gasteiger partial charge in [0.2, 0.25) is 0 Å². The second-order valence-electron chi connectivity index (χ2n) is 4.43. The lowest BCUT2D eigenvalue weighted by molar-refractivity contribution is 0.213. The van der Waals surface area contributed by atoms with Gasteiger partial charge in [0.25, 0.3) is 0 Å². The van der Waals surface area contributed by atoms with Crippen molar-refractivity contribution < 1.29 is 27.2 Å². The summed E-state index contributed by atoms with van der Waals surface area (Å²) in [6, 6.07) is 0. The van der Waals surface area contributed by atoms with Crippen molar-refractivity contribution in [3.05, 3.63) is 10.9 Å². The predicted molar refractivity (Wildman–Crippen MR) is 96.1 cm³/mol. The molecule has 144 valence electrons. The standard InChI is InChI=1S/C14H32N2O6P2/c1-7-15-13(16-8-2)14(23(17,19-9-3)20-10-4)24(18,21-11-5)22-12-6/h15-16H,7-12H2,1-6H3. The minimum absolute atomic E-state index is 0.105. The molecule has 10 heteroatoms. The molecule has 0 amide bonds. The van der Waals surface area contributed by atoms with E-state index in [1.165, 1.54) is 0 Å². The van der Waals surface area contributed by atoms with Gasteiger partial charge in [0.15, 0.2) is 5.06 Å². The zero-order valence-corrected chi connectivity index (χ0v) is 17.4. The Hall–Kier alpha value is -0.360. The molecule has 24 heavy (non-hydrogen) atoms. The van der Waals surface area contributed by atoms with E-state index in [0.29, 0.717) is 18.9 Å². The maximum Gasteiger partial charge on any atom is 0.373 e. The Morgan fingerprint density at radius 3 is 1.17 bits per heavy atom. The van der Waals surface area contributed by atoms with Crippen LogP contribution in [0, 0.1) is 0 Å². The molecule has 8 nitrogen and oxygen atoms in total. The molecular formula is C14H32N2O6P2. The monoisotopic (exact) mass is 386 g/mol. The Kier molecular flexibility index (Phi) is 11.9. The van der Waals surface area contributed by atoms with Crippen molar-refractivity contribution in [1.82, 2.24) is 10.6 Å². The predicted octanol–water partition coefficient (Wildman–Crippen LogP) is 3.86. The summed E-state index contributed by atoms with van der Waals surface area (Å²) >= 11 is 0. The van der Waals surface area contributed by atoms with E-state index in [-0.39, 0.29) is 31.5 Å². The smallest absolute Gasteiger partial charge is 0.371 e. The van der Waals surface area contributed by atoms with E-state index in [1.807, 2.05) is 13.8 Å². The molecule has 0 aromatic rings. The summed E-state index contributed by atoms with van der Waals surface area (Å²) in [4.78, 5) is 0. The molecule has 0 unspecified atom stereocenters. The summed E-state index contributed by atoms with van der Waals surface area (Å²) in [5.74, 6) is 0.301. The molecule has 0 fully saturated rings. The molecule has 0 aliphatic carbocycles. The second-order valence-corrected chi connectivity index (χ2v) is 8.70. The first-order chi connectivity index (χ1) is 11.4. The van der Waals surface area contributed by atoms with Crippen LogP contribution in [-0.4, -0.2) is 39.5 Å². The van der Waals surface area contributed by atoms with Crippen LogP contribution in [0.15, 0.2) is 10.9 Å². The highest BCUT2D eigenvalue weighted by atomic mass is 31.2. The average molecular weight is 386 g/mol. The Balaban J connectivity index is 6.48. The Morgan fingerprint density at radius 2 is 0.958 bits per heavy atom. The van der Waals surface area contributed by atoms with E-state index in [2.05, 4.69) is 10.6 Å². The molecule has 0 atom stereocenters. The van der Waals surface area contributed by atoms with Crippen LogP contribution in [0.4, 0.5) is 0 Å². The lowest BCUT2D eigenvalue weighted by Crippen LogP contribution is -2.29. The molecular weight excluding hydrogens is 354 g/mol. The fourth-order valence-electron chi connectivity index (χ4n) is 2.00. The lowest BCUT2D eigenvalue weighted by atomic mass is 10.6. The van der Waals surface area contributed by atoms with Crippen molar-refractivity contribution in [3.63, 3.8) is 0 Å². The highest BCUT2D eigenvalue weighted by molar-refractivity contribution is 7.78. The lowest BCUT2D eigenvalue weighted by Gasteiger charge is -2.28. The topological polar surface area (TPSA) is 95.1 Å². The van der Waals surface area contributed by atoms with Crippen molar-refractivity contribution in [2.75, 3.05) is 39.5 Å². The summed E-state index contributed by atoms with van der Waals surface area (Å²) in [6.07, 6.45) is 0. The van der Waals surface area contributed by atoms with Crippen molar-refractivity contribution >= 4 is 15.2 Å². The molecule has 0 aliphatic heterocycles. The SMILES string of the molecule is CCNC(NCC)=C(P(=O)(OCC)OCC)P(=O)(OCC)OCC. The van der Waals surface area contributed by atoms with Gasteiger partial charge in [-0.1, -0.05) is 0 Å². The molecule has 0 spiro atoms. The van der Waals surface area contributed by atoms with Gasteiger partial charge in [-0.25, -0.2) is 0 Å². The number of rotatable bonds is 14. The molecule has 0 aromatic heterocycles. The van der Waals surface area contributed by atoms with Gasteiger partial charge < -0.3 is 28.7 Å². The van der Waals surface area contributed by atoms with Crippen LogP contribution in [0.1, 0.15) is 41.5 Å². The van der Waals surface area contributed by atoms with Crippen LogP contribution >= 0.6 is 15.2 Å². The van der Waals surface area contributed by atoms with E-state index in [9.17, 15) is 9.13 Å². The van der Waals surface area contributed by atoms with Crippen LogP contribution in [-0.2, 0) is 27.2 Å². The highest BCUT2D eigenvalue weighted by Gasteiger charge is 2.48. The van der Waals surface area contributed by atoms with Crippen LogP contribution < -0.4 is 10.6 Å². The molecule has 0 rings (SSSR count). The first-order valence-electron chi connectivity index (χ1n) is 8.40. The van der Waals surface area contributed by atoms with Crippen LogP contribution in [0.3, 0.4) is 0 Å². The number of hydrogen-bond donors (Lipinski definition) is 2. The summed E-state index contributed by atoms with van der Waals surface area (Å²) in [7, 11) is -7.77. The molecule has 2 N–H and O–H groups in total. The second kappa shape index (κ2) is 12.1. The van der Waals surface area contributed by atoms with Crippen LogP contribution in [0.2, 0.25) is 0 Å². The van der Waals surface area contributed by atoms with E-state index in [4.69, 9.17) is 18.1 Å². The quantitative estimate of drug-likeness (QED) is 0.435. The molecule has 0 aromatic carbocycles. The van der Waals surface area contributed by atoms with Gasteiger partial charge in [-0.05, 0) is 41.5 Å². The normalized spacial score (nSPS) is 12.1. The first-order valence-corrected chi connectivity index (χ1v) is 11.5. The van der Waals surface area contributed by atoms with Crippen LogP contribution in [0.25, 0.3) is 0 Å². The van der Waals surface area contributed by atoms with Crippen molar-refractivity contribution in [2.45, 2.75) is 41.5 Å². The zero-order valence-electron chi connectivity index (χ0n) is 15.6. The van der Waals surface area contributed by atoms with Gasteiger partial charge >= 0.3 is 15.2 Å². The van der Waals surface area contributed by atoms with Gasteiger partial charge in [0.05, 0.1) is 26.4 Å². The summed E-state index contributed by atoms with van der Waals surface area (Å²) in [6.45, 7) is 12.0. The molecule has 0 saturated heterocycles. The third-order valence-corrected chi connectivity index (χ3v) is 7.99. The Labute approximate surface area is 145 Å². The highest BCUT2D eigenvalue weighted by Crippen LogP contribution is 2.74. The largest absolute Gasteiger partial charge is 0.373 e. The Morgan fingerprint density at radius 1 is 0.667 bits per heavy atom. The molecule has 0 bridgehead atoms. The Bertz CT molecular complexity index is 424. The molecule has 0 radical (unpaired) electrons. The van der Waals surface area contributed by atoms with Gasteiger partial charge in [-0.15, -0.1) is 0 Å². The fourth-order valence-corrected chi connectivity index (χ4v) is 6.75. The van der Waals surface area contributed by atoms with E-state index in [1.54, 1.807) is 27.7 Å². The maximum absolute atomic E-state index is 13.4. The van der Waals surface area contributed by atoms with E-state index < -0.39 is 15.2 Å². The summed E-state index contributed by atoms with van der Waals surface area (Å²) in [5.41, 5.74) is 0. The van der Waals surface area contributed by atoms with Crippen molar-refractivity contribution in [3.8, 4) is 0 Å². The number of hydrogen-bond acceptors (Lipinski definition) is 8. The maximum atomic E-state index is 13.4. The molecule has 0 aliphatic rings. The summed E-state index contributed by atoms with van der Waals surface area (Å²) < 4.78 is 48.4. The average Bonchev–Trinajstić information content (AvgIpc) is 2.48. The van der Waals surface area contributed by atoms with Crippen LogP contribution in [0.5, 0.6) is 0 Å². The summed E-state index contributed by atoms with van der Waals surface area (Å²) in [5, 5.41) is 5.96. The van der Waals surface area contributed by atoms with E-state index in [0.717, 1.165) is 0 Å². The fraction of sp³-hybridized carbons (Fsp3) is 0.857. The minimum Gasteiger partial charge on any atom is -0.371 e. The number of nitrogens with one attached hydrogen (secondary N) is 2. The molecule has 0 heterocycles. The van der Waals surface area contributed by atoms with Gasteiger partial charge in [0, 0.05) is 13.1 Å². The van der Waals surface area contributed by atoms with Gasteiger partial charge in [-0.3, -0.25) is 9.13 Å². The minimum atomic E-state index is -3.88. The zero-order chi connectivity index (χ0) is 18.6. The van der Waals surface area contributed by atoms with Gasteiger partial charge in [0.1, 0.15) is 5.82 Å². The van der Waals surface area contributed by atoms with Gasteiger partial charge in [-0.2, -0.15) is 0 Å². The van der Waals surface area contributed by atoms with Crippen molar-refractivity contribution in [1.29, 1.82) is 0 Å². The third-order valence-electron chi connectivity index (χ3n) is 2.65. The van der Waals surface area contributed by atoms with E-state index >= 15 is 0 Å². The van der Waals surface area contributed by atoms with Crippen molar-refractivity contribution in [2.24, 2.45) is 0 Å².